The fourth-order valence-electron chi connectivity index (χ4n) is 2.74. The summed E-state index contributed by atoms with van der Waals surface area (Å²) >= 11 is 0. The third-order valence-electron chi connectivity index (χ3n) is 4.06. The van der Waals surface area contributed by atoms with Gasteiger partial charge in [-0.3, -0.25) is 9.78 Å². The first-order valence-corrected chi connectivity index (χ1v) is 7.36. The molecule has 0 aliphatic rings. The van der Waals surface area contributed by atoms with Crippen molar-refractivity contribution in [3.63, 3.8) is 0 Å². The van der Waals surface area contributed by atoms with Crippen molar-refractivity contribution in [2.45, 2.75) is 19.9 Å². The highest BCUT2D eigenvalue weighted by molar-refractivity contribution is 5.90. The van der Waals surface area contributed by atoms with Gasteiger partial charge in [-0.2, -0.15) is 0 Å². The number of amides is 1. The molecule has 3 aromatic rings. The van der Waals surface area contributed by atoms with Gasteiger partial charge >= 0.3 is 0 Å². The number of carbonyl (C=O) groups excluding carboxylic acids is 1. The number of para-hydroxylation sites is 1. The first kappa shape index (κ1) is 14.3. The Labute approximate surface area is 129 Å². The second-order valence-corrected chi connectivity index (χ2v) is 5.41. The van der Waals surface area contributed by atoms with Crippen molar-refractivity contribution in [1.29, 1.82) is 0 Å². The molecule has 1 aromatic carbocycles. The molecule has 0 fully saturated rings. The van der Waals surface area contributed by atoms with E-state index in [9.17, 15) is 4.79 Å². The highest BCUT2D eigenvalue weighted by Crippen LogP contribution is 2.25. The summed E-state index contributed by atoms with van der Waals surface area (Å²) in [6.07, 6.45) is 2.12. The number of rotatable bonds is 4. The van der Waals surface area contributed by atoms with Crippen molar-refractivity contribution in [2.75, 3.05) is 0 Å². The number of aromatic nitrogens is 2. The molecule has 2 aromatic heterocycles. The van der Waals surface area contributed by atoms with Crippen LogP contribution in [0.2, 0.25) is 0 Å². The first-order valence-electron chi connectivity index (χ1n) is 7.36. The maximum Gasteiger partial charge on any atom is 0.224 e. The number of aryl methyl sites for hydroxylation is 1. The number of nitrogens with zero attached hydrogens (tertiary/aromatic N) is 2. The van der Waals surface area contributed by atoms with Crippen LogP contribution in [-0.4, -0.2) is 15.5 Å². The number of hydrogen-bond acceptors (Lipinski definition) is 2. The van der Waals surface area contributed by atoms with Gasteiger partial charge in [-0.05, 0) is 30.7 Å². The summed E-state index contributed by atoms with van der Waals surface area (Å²) in [6.45, 7) is 2.52. The topological polar surface area (TPSA) is 46.9 Å². The monoisotopic (exact) mass is 293 g/mol. The SMILES string of the molecule is Cc1c(CC(=O)NCc2ccccn2)c2ccccc2n1C. The molecule has 22 heavy (non-hydrogen) atoms. The third-order valence-corrected chi connectivity index (χ3v) is 4.06. The summed E-state index contributed by atoms with van der Waals surface area (Å²) in [7, 11) is 2.03. The summed E-state index contributed by atoms with van der Waals surface area (Å²) in [5.74, 6) is 0.0186. The van der Waals surface area contributed by atoms with E-state index in [2.05, 4.69) is 33.9 Å². The molecule has 0 saturated heterocycles. The summed E-state index contributed by atoms with van der Waals surface area (Å²) in [4.78, 5) is 16.5. The lowest BCUT2D eigenvalue weighted by molar-refractivity contribution is -0.120. The molecular formula is C18H19N3O. The van der Waals surface area contributed by atoms with Crippen LogP contribution in [0.25, 0.3) is 10.9 Å². The van der Waals surface area contributed by atoms with E-state index in [1.807, 2.05) is 37.4 Å². The number of hydrogen-bond donors (Lipinski definition) is 1. The number of pyridine rings is 1. The normalized spacial score (nSPS) is 10.8. The van der Waals surface area contributed by atoms with Crippen LogP contribution in [0.5, 0.6) is 0 Å². The van der Waals surface area contributed by atoms with E-state index in [1.165, 1.54) is 0 Å². The molecule has 0 radical (unpaired) electrons. The number of fused-ring (bicyclic) bond motifs is 1. The van der Waals surface area contributed by atoms with Crippen LogP contribution >= 0.6 is 0 Å². The van der Waals surface area contributed by atoms with Crippen molar-refractivity contribution in [2.24, 2.45) is 7.05 Å². The Kier molecular flexibility index (Phi) is 3.92. The van der Waals surface area contributed by atoms with E-state index in [0.29, 0.717) is 13.0 Å². The highest BCUT2D eigenvalue weighted by atomic mass is 16.1. The Hall–Kier alpha value is -2.62. The van der Waals surface area contributed by atoms with Crippen LogP contribution in [0.4, 0.5) is 0 Å². The van der Waals surface area contributed by atoms with Crippen LogP contribution in [0.3, 0.4) is 0 Å². The zero-order chi connectivity index (χ0) is 15.5. The molecule has 0 unspecified atom stereocenters. The second-order valence-electron chi connectivity index (χ2n) is 5.41. The molecule has 4 heteroatoms. The standard InChI is InChI=1S/C18H19N3O/c1-13-16(15-8-3-4-9-17(15)21(13)2)11-18(22)20-12-14-7-5-6-10-19-14/h3-10H,11-12H2,1-2H3,(H,20,22). The van der Waals surface area contributed by atoms with Crippen molar-refractivity contribution in [3.8, 4) is 0 Å². The first-order chi connectivity index (χ1) is 10.7. The van der Waals surface area contributed by atoms with Gasteiger partial charge in [0.2, 0.25) is 5.91 Å². The van der Waals surface area contributed by atoms with E-state index in [4.69, 9.17) is 0 Å². The van der Waals surface area contributed by atoms with E-state index in [1.54, 1.807) is 6.20 Å². The van der Waals surface area contributed by atoms with Gasteiger partial charge < -0.3 is 9.88 Å². The Morgan fingerprint density at radius 2 is 1.95 bits per heavy atom. The molecule has 0 aliphatic heterocycles. The molecule has 3 rings (SSSR count). The number of benzene rings is 1. The third kappa shape index (κ3) is 2.72. The highest BCUT2D eigenvalue weighted by Gasteiger charge is 2.14. The van der Waals surface area contributed by atoms with Gasteiger partial charge in [0, 0.05) is 29.8 Å². The molecular weight excluding hydrogens is 274 g/mol. The van der Waals surface area contributed by atoms with Crippen LogP contribution in [-0.2, 0) is 24.8 Å². The van der Waals surface area contributed by atoms with E-state index in [0.717, 1.165) is 27.9 Å². The molecule has 0 saturated carbocycles. The van der Waals surface area contributed by atoms with Crippen molar-refractivity contribution < 1.29 is 4.79 Å². The number of carbonyl (C=O) groups is 1. The fourth-order valence-corrected chi connectivity index (χ4v) is 2.74. The van der Waals surface area contributed by atoms with Crippen molar-refractivity contribution in [1.82, 2.24) is 14.9 Å². The predicted molar refractivity (Wildman–Crippen MR) is 87.4 cm³/mol. The summed E-state index contributed by atoms with van der Waals surface area (Å²) in [5.41, 5.74) is 4.25. The van der Waals surface area contributed by atoms with Crippen LogP contribution < -0.4 is 5.32 Å². The van der Waals surface area contributed by atoms with Crippen LogP contribution in [0.1, 0.15) is 17.0 Å². The summed E-state index contributed by atoms with van der Waals surface area (Å²) in [6, 6.07) is 13.9. The molecule has 4 nitrogen and oxygen atoms in total. The quantitative estimate of drug-likeness (QED) is 0.804. The summed E-state index contributed by atoms with van der Waals surface area (Å²) in [5, 5.41) is 4.09. The second kappa shape index (κ2) is 6.02. The smallest absolute Gasteiger partial charge is 0.224 e. The zero-order valence-corrected chi connectivity index (χ0v) is 12.8. The summed E-state index contributed by atoms with van der Waals surface area (Å²) < 4.78 is 2.14. The minimum Gasteiger partial charge on any atom is -0.350 e. The molecule has 1 N–H and O–H groups in total. The molecule has 0 spiro atoms. The van der Waals surface area contributed by atoms with Gasteiger partial charge in [-0.15, -0.1) is 0 Å². The van der Waals surface area contributed by atoms with Crippen LogP contribution in [0, 0.1) is 6.92 Å². The van der Waals surface area contributed by atoms with Gasteiger partial charge in [0.25, 0.3) is 0 Å². The molecule has 1 amide bonds. The predicted octanol–water partition coefficient (Wildman–Crippen LogP) is 2.74. The van der Waals surface area contributed by atoms with Crippen LogP contribution in [0.15, 0.2) is 48.7 Å². The van der Waals surface area contributed by atoms with E-state index >= 15 is 0 Å². The lowest BCUT2D eigenvalue weighted by Crippen LogP contribution is -2.25. The Morgan fingerprint density at radius 1 is 1.18 bits per heavy atom. The lowest BCUT2D eigenvalue weighted by atomic mass is 10.1. The Balaban J connectivity index is 1.76. The van der Waals surface area contributed by atoms with Crippen molar-refractivity contribution >= 4 is 16.8 Å². The van der Waals surface area contributed by atoms with E-state index in [-0.39, 0.29) is 5.91 Å². The molecule has 112 valence electrons. The molecule has 2 heterocycles. The lowest BCUT2D eigenvalue weighted by Gasteiger charge is -2.05. The maximum absolute atomic E-state index is 12.2. The van der Waals surface area contributed by atoms with Gasteiger partial charge in [0.05, 0.1) is 18.7 Å². The van der Waals surface area contributed by atoms with Gasteiger partial charge in [0.1, 0.15) is 0 Å². The molecule has 0 aliphatic carbocycles. The van der Waals surface area contributed by atoms with Gasteiger partial charge in [-0.25, -0.2) is 0 Å². The number of nitrogens with one attached hydrogen (secondary N) is 1. The Bertz CT molecular complexity index is 806. The Morgan fingerprint density at radius 3 is 2.73 bits per heavy atom. The molecule has 0 atom stereocenters. The fraction of sp³-hybridized carbons (Fsp3) is 0.222. The maximum atomic E-state index is 12.2. The average molecular weight is 293 g/mol. The van der Waals surface area contributed by atoms with Gasteiger partial charge in [0.15, 0.2) is 0 Å². The zero-order valence-electron chi connectivity index (χ0n) is 12.8. The van der Waals surface area contributed by atoms with Crippen molar-refractivity contribution in [3.05, 3.63) is 65.6 Å². The minimum absolute atomic E-state index is 0.0186. The largest absolute Gasteiger partial charge is 0.350 e. The van der Waals surface area contributed by atoms with Gasteiger partial charge in [-0.1, -0.05) is 24.3 Å². The van der Waals surface area contributed by atoms with E-state index < -0.39 is 0 Å². The molecule has 0 bridgehead atoms. The minimum atomic E-state index is 0.0186. The average Bonchev–Trinajstić information content (AvgIpc) is 2.79.